The maximum Gasteiger partial charge on any atom is 0.573 e. The Kier molecular flexibility index (Phi) is 5.38. The van der Waals surface area contributed by atoms with Crippen molar-refractivity contribution in [2.24, 2.45) is 7.05 Å². The maximum absolute atomic E-state index is 12.5. The fraction of sp³-hybridized carbons (Fsp3) is 0.176. The number of sulfonamides is 1. The van der Waals surface area contributed by atoms with Crippen molar-refractivity contribution < 1.29 is 26.3 Å². The van der Waals surface area contributed by atoms with Gasteiger partial charge in [-0.2, -0.15) is 5.10 Å². The highest BCUT2D eigenvalue weighted by Crippen LogP contribution is 2.29. The van der Waals surface area contributed by atoms with Gasteiger partial charge in [-0.1, -0.05) is 18.2 Å². The zero-order valence-electron chi connectivity index (χ0n) is 14.5. The molecule has 0 radical (unpaired) electrons. The minimum atomic E-state index is -5.00. The summed E-state index contributed by atoms with van der Waals surface area (Å²) >= 11 is 0. The first-order chi connectivity index (χ1) is 13.1. The largest absolute Gasteiger partial charge is 0.573 e. The quantitative estimate of drug-likeness (QED) is 0.673. The van der Waals surface area contributed by atoms with Gasteiger partial charge >= 0.3 is 6.36 Å². The monoisotopic (exact) mass is 412 g/mol. The van der Waals surface area contributed by atoms with Crippen LogP contribution in [0.1, 0.15) is 5.56 Å². The molecule has 0 spiro atoms. The van der Waals surface area contributed by atoms with Crippen LogP contribution in [0.3, 0.4) is 0 Å². The lowest BCUT2D eigenvalue weighted by molar-refractivity contribution is -0.275. The average molecular weight is 412 g/mol. The first kappa shape index (κ1) is 19.8. The van der Waals surface area contributed by atoms with Crippen LogP contribution >= 0.6 is 0 Å². The number of aromatic nitrogens is 3. The van der Waals surface area contributed by atoms with Crippen molar-refractivity contribution in [2.75, 3.05) is 0 Å². The first-order valence-electron chi connectivity index (χ1n) is 7.92. The van der Waals surface area contributed by atoms with E-state index in [1.165, 1.54) is 18.3 Å². The predicted molar refractivity (Wildman–Crippen MR) is 93.6 cm³/mol. The molecule has 0 fully saturated rings. The summed E-state index contributed by atoms with van der Waals surface area (Å²) in [7, 11) is -2.47. The van der Waals surface area contributed by atoms with Crippen molar-refractivity contribution in [1.29, 1.82) is 0 Å². The fourth-order valence-corrected chi connectivity index (χ4v) is 3.54. The number of hydrogen-bond donors (Lipinski definition) is 1. The van der Waals surface area contributed by atoms with E-state index in [4.69, 9.17) is 0 Å². The molecular weight excluding hydrogens is 397 g/mol. The third-order valence-electron chi connectivity index (χ3n) is 3.66. The lowest BCUT2D eigenvalue weighted by Crippen LogP contribution is -2.25. The number of hydrogen-bond acceptors (Lipinski definition) is 5. The fourth-order valence-electron chi connectivity index (χ4n) is 2.39. The highest BCUT2D eigenvalue weighted by molar-refractivity contribution is 7.89. The molecule has 1 aromatic carbocycles. The summed E-state index contributed by atoms with van der Waals surface area (Å²) in [6.45, 7) is -0.150. The van der Waals surface area contributed by atoms with Gasteiger partial charge in [0.1, 0.15) is 10.6 Å². The molecule has 2 heterocycles. The molecule has 0 aliphatic rings. The summed E-state index contributed by atoms with van der Waals surface area (Å²) in [4.78, 5) is 3.64. The third-order valence-corrected chi connectivity index (χ3v) is 5.10. The van der Waals surface area contributed by atoms with E-state index >= 15 is 0 Å². The lowest BCUT2D eigenvalue weighted by atomic mass is 10.2. The lowest BCUT2D eigenvalue weighted by Gasteiger charge is -2.14. The number of alkyl halides is 3. The molecule has 0 bridgehead atoms. The summed E-state index contributed by atoms with van der Waals surface area (Å²) < 4.78 is 70.0. The van der Waals surface area contributed by atoms with Crippen molar-refractivity contribution >= 4 is 10.0 Å². The van der Waals surface area contributed by atoms with Crippen molar-refractivity contribution in [1.82, 2.24) is 19.5 Å². The maximum atomic E-state index is 12.5. The Bertz CT molecular complexity index is 1060. The summed E-state index contributed by atoms with van der Waals surface area (Å²) in [5.41, 5.74) is 1.99. The van der Waals surface area contributed by atoms with E-state index < -0.39 is 27.0 Å². The number of benzene rings is 1. The number of pyridine rings is 1. The van der Waals surface area contributed by atoms with E-state index in [1.807, 2.05) is 0 Å². The number of nitrogens with zero attached hydrogens (tertiary/aromatic N) is 3. The van der Waals surface area contributed by atoms with Gasteiger partial charge in [-0.25, -0.2) is 13.1 Å². The van der Waals surface area contributed by atoms with Crippen LogP contribution in [0.15, 0.2) is 59.9 Å². The summed E-state index contributed by atoms with van der Waals surface area (Å²) in [5, 5.41) is 4.04. The van der Waals surface area contributed by atoms with E-state index in [0.29, 0.717) is 11.3 Å². The molecular formula is C17H15F3N4O3S. The number of para-hydroxylation sites is 1. The van der Waals surface area contributed by atoms with Crippen molar-refractivity contribution in [2.45, 2.75) is 17.8 Å². The SMILES string of the molecule is Cn1cc(-c2ccc(CNS(=O)(=O)c3ccccc3OC(F)(F)F)cn2)cn1. The molecule has 7 nitrogen and oxygen atoms in total. The summed E-state index contributed by atoms with van der Waals surface area (Å²) in [6.07, 6.45) is -0.106. The van der Waals surface area contributed by atoms with Crippen LogP contribution in [0.25, 0.3) is 11.3 Å². The second-order valence-corrected chi connectivity index (χ2v) is 7.51. The number of ether oxygens (including phenoxy) is 1. The minimum Gasteiger partial charge on any atom is -0.404 e. The van der Waals surface area contributed by atoms with Crippen LogP contribution in [0.5, 0.6) is 5.75 Å². The Morgan fingerprint density at radius 1 is 1.14 bits per heavy atom. The van der Waals surface area contributed by atoms with Gasteiger partial charge in [-0.05, 0) is 23.8 Å². The van der Waals surface area contributed by atoms with E-state index in [9.17, 15) is 21.6 Å². The smallest absolute Gasteiger partial charge is 0.404 e. The van der Waals surface area contributed by atoms with Gasteiger partial charge in [0.05, 0.1) is 11.9 Å². The van der Waals surface area contributed by atoms with Crippen molar-refractivity contribution in [3.63, 3.8) is 0 Å². The molecule has 0 amide bonds. The van der Waals surface area contributed by atoms with Crippen molar-refractivity contribution in [3.8, 4) is 17.0 Å². The van der Waals surface area contributed by atoms with Gasteiger partial charge in [-0.15, -0.1) is 13.2 Å². The zero-order valence-corrected chi connectivity index (χ0v) is 15.3. The Morgan fingerprint density at radius 3 is 2.50 bits per heavy atom. The molecule has 0 atom stereocenters. The normalized spacial score (nSPS) is 12.1. The van der Waals surface area contributed by atoms with E-state index in [-0.39, 0.29) is 6.54 Å². The van der Waals surface area contributed by atoms with Crippen LogP contribution in [0, 0.1) is 0 Å². The van der Waals surface area contributed by atoms with Gasteiger partial charge in [0, 0.05) is 31.5 Å². The molecule has 0 saturated carbocycles. The standard InChI is InChI=1S/C17H15F3N4O3S/c1-24-11-13(10-22-24)14-7-6-12(8-21-14)9-23-28(25,26)16-5-3-2-4-15(16)27-17(18,19)20/h2-8,10-11,23H,9H2,1H3. The van der Waals surface area contributed by atoms with Crippen LogP contribution in [-0.2, 0) is 23.6 Å². The molecule has 0 aliphatic carbocycles. The molecule has 0 unspecified atom stereocenters. The van der Waals surface area contributed by atoms with E-state index in [0.717, 1.165) is 17.7 Å². The molecule has 1 N–H and O–H groups in total. The molecule has 0 aliphatic heterocycles. The number of rotatable bonds is 6. The van der Waals surface area contributed by atoms with E-state index in [1.54, 1.807) is 36.3 Å². The minimum absolute atomic E-state index is 0.150. The predicted octanol–water partition coefficient (Wildman–Crippen LogP) is 2.86. The van der Waals surface area contributed by atoms with Crippen LogP contribution in [-0.4, -0.2) is 29.5 Å². The molecule has 2 aromatic heterocycles. The molecule has 148 valence electrons. The first-order valence-corrected chi connectivity index (χ1v) is 9.41. The second kappa shape index (κ2) is 7.60. The van der Waals surface area contributed by atoms with Gasteiger partial charge in [0.25, 0.3) is 0 Å². The number of halogens is 3. The summed E-state index contributed by atoms with van der Waals surface area (Å²) in [6, 6.07) is 7.89. The molecule has 3 aromatic rings. The van der Waals surface area contributed by atoms with Crippen LogP contribution < -0.4 is 9.46 Å². The Labute approximate surface area is 158 Å². The van der Waals surface area contributed by atoms with Crippen molar-refractivity contribution in [3.05, 3.63) is 60.6 Å². The zero-order chi connectivity index (χ0) is 20.4. The molecule has 28 heavy (non-hydrogen) atoms. The number of aryl methyl sites for hydroxylation is 1. The van der Waals surface area contributed by atoms with Gasteiger partial charge in [0.15, 0.2) is 0 Å². The van der Waals surface area contributed by atoms with Crippen LogP contribution in [0.4, 0.5) is 13.2 Å². The topological polar surface area (TPSA) is 86.1 Å². The van der Waals surface area contributed by atoms with Gasteiger partial charge < -0.3 is 4.74 Å². The highest BCUT2D eigenvalue weighted by Gasteiger charge is 2.33. The second-order valence-electron chi connectivity index (χ2n) is 5.77. The average Bonchev–Trinajstić information content (AvgIpc) is 3.06. The molecule has 3 rings (SSSR count). The van der Waals surface area contributed by atoms with E-state index in [2.05, 4.69) is 19.5 Å². The molecule has 0 saturated heterocycles. The molecule has 11 heteroatoms. The highest BCUT2D eigenvalue weighted by atomic mass is 32.2. The summed E-state index contributed by atoms with van der Waals surface area (Å²) in [5.74, 6) is -0.799. The Balaban J connectivity index is 1.74. The van der Waals surface area contributed by atoms with Crippen LogP contribution in [0.2, 0.25) is 0 Å². The third kappa shape index (κ3) is 4.87. The Morgan fingerprint density at radius 2 is 1.89 bits per heavy atom. The van der Waals surface area contributed by atoms with Gasteiger partial charge in [-0.3, -0.25) is 9.67 Å². The van der Waals surface area contributed by atoms with Gasteiger partial charge in [0.2, 0.25) is 10.0 Å². The Hall–Kier alpha value is -2.92. The number of nitrogens with one attached hydrogen (secondary N) is 1.